The van der Waals surface area contributed by atoms with Crippen LogP contribution in [0.2, 0.25) is 0 Å². The number of benzene rings is 8. The molecular formula is C51H34N4. The van der Waals surface area contributed by atoms with Gasteiger partial charge in [0.2, 0.25) is 5.95 Å². The van der Waals surface area contributed by atoms with Gasteiger partial charge < -0.3 is 4.57 Å². The second kappa shape index (κ2) is 12.4. The van der Waals surface area contributed by atoms with Crippen molar-refractivity contribution in [2.75, 3.05) is 0 Å². The Morgan fingerprint density at radius 2 is 0.818 bits per heavy atom. The Balaban J connectivity index is 1.13. The lowest BCUT2D eigenvalue weighted by atomic mass is 10.0. The number of fused-ring (bicyclic) bond motifs is 8. The maximum absolute atomic E-state index is 5.40. The van der Waals surface area contributed by atoms with Crippen molar-refractivity contribution in [3.05, 3.63) is 194 Å². The molecule has 0 saturated carbocycles. The fourth-order valence-electron chi connectivity index (χ4n) is 8.40. The van der Waals surface area contributed by atoms with E-state index >= 15 is 0 Å². The van der Waals surface area contributed by atoms with Crippen LogP contribution < -0.4 is 0 Å². The van der Waals surface area contributed by atoms with Crippen LogP contribution in [0.4, 0.5) is 0 Å². The Bertz CT molecular complexity index is 3230. The van der Waals surface area contributed by atoms with Crippen LogP contribution in [0.25, 0.3) is 99.7 Å². The Kier molecular flexibility index (Phi) is 7.04. The maximum atomic E-state index is 5.40. The number of hydrogen-bond donors (Lipinski definition) is 0. The Morgan fingerprint density at radius 1 is 0.345 bits per heavy atom. The van der Waals surface area contributed by atoms with Crippen LogP contribution in [0.3, 0.4) is 0 Å². The quantitative estimate of drug-likeness (QED) is 0.179. The fourth-order valence-corrected chi connectivity index (χ4v) is 8.40. The van der Waals surface area contributed by atoms with Gasteiger partial charge in [0, 0.05) is 38.2 Å². The number of hydrogen-bond acceptors (Lipinski definition) is 2. The van der Waals surface area contributed by atoms with E-state index in [1.54, 1.807) is 0 Å². The summed E-state index contributed by atoms with van der Waals surface area (Å²) in [7, 11) is 0. The van der Waals surface area contributed by atoms with Crippen LogP contribution in [0.15, 0.2) is 188 Å². The largest absolute Gasteiger partial charge is 0.309 e. The lowest BCUT2D eigenvalue weighted by molar-refractivity contribution is 1.01. The predicted octanol–water partition coefficient (Wildman–Crippen LogP) is 13.1. The molecule has 8 aromatic carbocycles. The van der Waals surface area contributed by atoms with Gasteiger partial charge in [-0.15, -0.1) is 0 Å². The summed E-state index contributed by atoms with van der Waals surface area (Å²) in [5.74, 6) is 0.654. The average molecular weight is 703 g/mol. The molecule has 0 aliphatic carbocycles. The highest BCUT2D eigenvalue weighted by Gasteiger charge is 2.22. The molecule has 0 fully saturated rings. The molecule has 55 heavy (non-hydrogen) atoms. The molecule has 0 aliphatic rings. The molecular weight excluding hydrogens is 669 g/mol. The van der Waals surface area contributed by atoms with Crippen LogP contribution >= 0.6 is 0 Å². The lowest BCUT2D eigenvalue weighted by Crippen LogP contribution is -2.03. The minimum atomic E-state index is 0.654. The van der Waals surface area contributed by atoms with Gasteiger partial charge >= 0.3 is 0 Å². The van der Waals surface area contributed by atoms with Crippen molar-refractivity contribution in [1.82, 2.24) is 19.1 Å². The zero-order valence-electron chi connectivity index (χ0n) is 30.2. The van der Waals surface area contributed by atoms with Crippen LogP contribution in [-0.2, 0) is 0 Å². The SMILES string of the molecule is Cc1ccc(-c2ccc(-n3c4ccccc4c4c5c6ccccc6n(-c6nc(-c7ccc(-c8ccccc8)cc7)c7ccccc7n6)c5ccc43)cc2)cc1. The maximum Gasteiger partial charge on any atom is 0.235 e. The molecule has 0 unspecified atom stereocenters. The van der Waals surface area contributed by atoms with E-state index in [-0.39, 0.29) is 0 Å². The van der Waals surface area contributed by atoms with Gasteiger partial charge in [-0.05, 0) is 71.6 Å². The normalized spacial score (nSPS) is 11.7. The molecule has 258 valence electrons. The highest BCUT2D eigenvalue weighted by atomic mass is 15.2. The van der Waals surface area contributed by atoms with Crippen molar-refractivity contribution >= 4 is 54.5 Å². The summed E-state index contributed by atoms with van der Waals surface area (Å²) in [6, 6.07) is 67.2. The molecule has 0 amide bonds. The van der Waals surface area contributed by atoms with Gasteiger partial charge in [-0.1, -0.05) is 151 Å². The van der Waals surface area contributed by atoms with E-state index in [9.17, 15) is 0 Å². The van der Waals surface area contributed by atoms with Crippen molar-refractivity contribution in [3.63, 3.8) is 0 Å². The van der Waals surface area contributed by atoms with Gasteiger partial charge in [0.1, 0.15) is 0 Å². The van der Waals surface area contributed by atoms with E-state index in [2.05, 4.69) is 204 Å². The van der Waals surface area contributed by atoms with E-state index in [1.165, 1.54) is 60.4 Å². The summed E-state index contributed by atoms with van der Waals surface area (Å²) >= 11 is 0. The molecule has 3 aromatic heterocycles. The molecule has 0 N–H and O–H groups in total. The zero-order valence-corrected chi connectivity index (χ0v) is 30.2. The molecule has 4 nitrogen and oxygen atoms in total. The third-order valence-electron chi connectivity index (χ3n) is 11.0. The number of rotatable bonds is 5. The first-order valence-corrected chi connectivity index (χ1v) is 18.8. The number of aryl methyl sites for hydroxylation is 1. The van der Waals surface area contributed by atoms with E-state index in [0.29, 0.717) is 5.95 Å². The predicted molar refractivity (Wildman–Crippen MR) is 229 cm³/mol. The molecule has 11 rings (SSSR count). The first-order valence-electron chi connectivity index (χ1n) is 18.8. The summed E-state index contributed by atoms with van der Waals surface area (Å²) in [5, 5.41) is 5.84. The van der Waals surface area contributed by atoms with E-state index in [4.69, 9.17) is 9.97 Å². The van der Waals surface area contributed by atoms with Gasteiger partial charge in [0.05, 0.1) is 33.3 Å². The Labute approximate surface area is 318 Å². The highest BCUT2D eigenvalue weighted by Crippen LogP contribution is 2.42. The third kappa shape index (κ3) is 4.99. The van der Waals surface area contributed by atoms with Gasteiger partial charge in [0.15, 0.2) is 0 Å². The van der Waals surface area contributed by atoms with Crippen LogP contribution in [0, 0.1) is 6.92 Å². The van der Waals surface area contributed by atoms with Crippen molar-refractivity contribution < 1.29 is 0 Å². The van der Waals surface area contributed by atoms with Crippen LogP contribution in [-0.4, -0.2) is 19.1 Å². The fraction of sp³-hybridized carbons (Fsp3) is 0.0196. The summed E-state index contributed by atoms with van der Waals surface area (Å²) < 4.78 is 4.65. The molecule has 3 heterocycles. The third-order valence-corrected chi connectivity index (χ3v) is 11.0. The van der Waals surface area contributed by atoms with Gasteiger partial charge in [-0.25, -0.2) is 9.97 Å². The average Bonchev–Trinajstić information content (AvgIpc) is 3.77. The topological polar surface area (TPSA) is 35.6 Å². The van der Waals surface area contributed by atoms with E-state index in [1.807, 2.05) is 0 Å². The molecule has 0 atom stereocenters. The van der Waals surface area contributed by atoms with Gasteiger partial charge in [-0.2, -0.15) is 0 Å². The molecule has 4 heteroatoms. The van der Waals surface area contributed by atoms with Crippen molar-refractivity contribution in [3.8, 4) is 45.1 Å². The van der Waals surface area contributed by atoms with Crippen molar-refractivity contribution in [2.45, 2.75) is 6.92 Å². The van der Waals surface area contributed by atoms with E-state index in [0.717, 1.165) is 38.9 Å². The van der Waals surface area contributed by atoms with Crippen molar-refractivity contribution in [2.24, 2.45) is 0 Å². The minimum absolute atomic E-state index is 0.654. The molecule has 0 radical (unpaired) electrons. The molecule has 0 spiro atoms. The van der Waals surface area contributed by atoms with Crippen LogP contribution in [0.1, 0.15) is 5.56 Å². The summed E-state index contributed by atoms with van der Waals surface area (Å²) in [6.07, 6.45) is 0. The zero-order chi connectivity index (χ0) is 36.5. The molecule has 0 saturated heterocycles. The van der Waals surface area contributed by atoms with E-state index < -0.39 is 0 Å². The summed E-state index contributed by atoms with van der Waals surface area (Å²) in [6.45, 7) is 2.13. The minimum Gasteiger partial charge on any atom is -0.309 e. The van der Waals surface area contributed by atoms with Gasteiger partial charge in [0.25, 0.3) is 0 Å². The smallest absolute Gasteiger partial charge is 0.235 e. The Morgan fingerprint density at radius 3 is 1.47 bits per heavy atom. The second-order valence-corrected chi connectivity index (χ2v) is 14.3. The lowest BCUT2D eigenvalue weighted by Gasteiger charge is -2.12. The van der Waals surface area contributed by atoms with Crippen LogP contribution in [0.5, 0.6) is 0 Å². The molecule has 0 bridgehead atoms. The number of aromatic nitrogens is 4. The second-order valence-electron chi connectivity index (χ2n) is 14.3. The van der Waals surface area contributed by atoms with Crippen molar-refractivity contribution in [1.29, 1.82) is 0 Å². The van der Waals surface area contributed by atoms with Gasteiger partial charge in [-0.3, -0.25) is 4.57 Å². The monoisotopic (exact) mass is 702 g/mol. The number of nitrogens with zero attached hydrogens (tertiary/aromatic N) is 4. The molecule has 11 aromatic rings. The summed E-state index contributed by atoms with van der Waals surface area (Å²) in [4.78, 5) is 10.6. The Hall–Kier alpha value is -7.30. The summed E-state index contributed by atoms with van der Waals surface area (Å²) in [5.41, 5.74) is 14.6. The number of para-hydroxylation sites is 3. The standard InChI is InChI=1S/C51H34N4/c1-33-19-21-35(22-20-33)37-27-29-39(30-28-37)54-44-17-9-6-14-41(44)48-46(54)31-32-47-49(48)42-15-7-10-18-45(42)55(47)51-52-43-16-8-5-13-40(43)50(53-51)38-25-23-36(24-26-38)34-11-3-2-4-12-34/h2-32H,1H3. The molecule has 0 aliphatic heterocycles. The highest BCUT2D eigenvalue weighted by molar-refractivity contribution is 6.28. The first-order chi connectivity index (χ1) is 27.2. The first kappa shape index (κ1) is 31.2.